The van der Waals surface area contributed by atoms with E-state index in [0.29, 0.717) is 6.42 Å². The van der Waals surface area contributed by atoms with Gasteiger partial charge in [0.05, 0.1) is 18.8 Å². The minimum atomic E-state index is -3.49. The first-order valence-electron chi connectivity index (χ1n) is 12.7. The molecule has 10 heteroatoms. The fourth-order valence-electron chi connectivity index (χ4n) is 3.93. The van der Waals surface area contributed by atoms with Crippen LogP contribution in [0.2, 0.25) is 0 Å². The van der Waals surface area contributed by atoms with Gasteiger partial charge >= 0.3 is 5.97 Å². The van der Waals surface area contributed by atoms with Gasteiger partial charge in [-0.25, -0.2) is 13.1 Å². The summed E-state index contributed by atoms with van der Waals surface area (Å²) >= 11 is 0. The van der Waals surface area contributed by atoms with Crippen LogP contribution < -0.4 is 15.4 Å². The Morgan fingerprint density at radius 2 is 1.68 bits per heavy atom. The van der Waals surface area contributed by atoms with E-state index in [4.69, 9.17) is 4.74 Å². The number of esters is 1. The lowest BCUT2D eigenvalue weighted by Gasteiger charge is -2.26. The van der Waals surface area contributed by atoms with Crippen molar-refractivity contribution in [2.45, 2.75) is 65.1 Å². The molecule has 0 aliphatic carbocycles. The van der Waals surface area contributed by atoms with Crippen LogP contribution in [0.5, 0.6) is 5.75 Å². The van der Waals surface area contributed by atoms with E-state index in [1.165, 1.54) is 0 Å². The van der Waals surface area contributed by atoms with Crippen LogP contribution in [0.15, 0.2) is 48.5 Å². The van der Waals surface area contributed by atoms with Crippen LogP contribution in [0.1, 0.15) is 51.3 Å². The summed E-state index contributed by atoms with van der Waals surface area (Å²) in [6.07, 6.45) is 1.39. The van der Waals surface area contributed by atoms with Crippen molar-refractivity contribution in [3.63, 3.8) is 0 Å². The normalized spacial score (nSPS) is 13.7. The van der Waals surface area contributed by atoms with Crippen molar-refractivity contribution in [3.8, 4) is 5.75 Å². The lowest BCUT2D eigenvalue weighted by Crippen LogP contribution is -2.54. The van der Waals surface area contributed by atoms with Gasteiger partial charge < -0.3 is 15.2 Å². The summed E-state index contributed by atoms with van der Waals surface area (Å²) in [6, 6.07) is 13.3. The molecule has 0 spiro atoms. The number of sulfonamides is 1. The first-order valence-corrected chi connectivity index (χ1v) is 14.5. The van der Waals surface area contributed by atoms with Gasteiger partial charge in [-0.2, -0.15) is 0 Å². The number of benzene rings is 2. The summed E-state index contributed by atoms with van der Waals surface area (Å²) in [7, 11) is -3.49. The molecule has 210 valence electrons. The minimum absolute atomic E-state index is 0.0137. The molecular weight excluding hydrogens is 506 g/mol. The van der Waals surface area contributed by atoms with E-state index < -0.39 is 28.1 Å². The van der Waals surface area contributed by atoms with Crippen LogP contribution in [0.4, 0.5) is 0 Å². The number of phenolic OH excluding ortho intramolecular Hbond substituents is 1. The molecule has 0 aliphatic rings. The molecule has 0 bridgehead atoms. The SMILES string of the molecule is CC(C)C(NCC(=O)OCc1ccccc1)C(=O)NC(CNS(C)(=O)=O)Cc1ccc(O)c(C(C)(C)C)c1. The molecule has 2 aromatic rings. The van der Waals surface area contributed by atoms with Crippen LogP contribution in [-0.2, 0) is 42.8 Å². The summed E-state index contributed by atoms with van der Waals surface area (Å²) < 4.78 is 31.3. The lowest BCUT2D eigenvalue weighted by molar-refractivity contribution is -0.144. The average molecular weight is 548 g/mol. The molecule has 0 aliphatic heterocycles. The molecule has 0 saturated heterocycles. The van der Waals surface area contributed by atoms with Gasteiger partial charge in [-0.05, 0) is 40.5 Å². The minimum Gasteiger partial charge on any atom is -0.508 e. The molecule has 0 radical (unpaired) electrons. The summed E-state index contributed by atoms with van der Waals surface area (Å²) in [5.41, 5.74) is 2.16. The van der Waals surface area contributed by atoms with Gasteiger partial charge in [-0.15, -0.1) is 0 Å². The first-order chi connectivity index (χ1) is 17.7. The Bertz CT molecular complexity index is 1180. The van der Waals surface area contributed by atoms with Gasteiger partial charge in [0.25, 0.3) is 0 Å². The Labute approximate surface area is 226 Å². The number of hydrogen-bond acceptors (Lipinski definition) is 7. The molecule has 0 saturated carbocycles. The van der Waals surface area contributed by atoms with Gasteiger partial charge in [0.15, 0.2) is 0 Å². The second kappa shape index (κ2) is 13.7. The second-order valence-corrected chi connectivity index (χ2v) is 12.7. The van der Waals surface area contributed by atoms with E-state index in [0.717, 1.165) is 22.9 Å². The summed E-state index contributed by atoms with van der Waals surface area (Å²) in [5.74, 6) is -0.812. The Morgan fingerprint density at radius 1 is 1.03 bits per heavy atom. The Hall–Kier alpha value is -2.95. The molecule has 38 heavy (non-hydrogen) atoms. The maximum atomic E-state index is 13.2. The van der Waals surface area contributed by atoms with E-state index in [1.807, 2.05) is 71.0 Å². The van der Waals surface area contributed by atoms with Crippen LogP contribution in [0.25, 0.3) is 0 Å². The number of rotatable bonds is 13. The summed E-state index contributed by atoms with van der Waals surface area (Å²) in [5, 5.41) is 16.2. The third-order valence-electron chi connectivity index (χ3n) is 5.95. The molecular formula is C28H41N3O6S. The van der Waals surface area contributed by atoms with Crippen LogP contribution >= 0.6 is 0 Å². The van der Waals surface area contributed by atoms with Gasteiger partial charge in [-0.3, -0.25) is 14.9 Å². The lowest BCUT2D eigenvalue weighted by atomic mass is 9.85. The van der Waals surface area contributed by atoms with Gasteiger partial charge in [-0.1, -0.05) is 77.1 Å². The number of aromatic hydroxyl groups is 1. The zero-order valence-corrected chi connectivity index (χ0v) is 23.9. The maximum absolute atomic E-state index is 13.2. The summed E-state index contributed by atoms with van der Waals surface area (Å²) in [4.78, 5) is 25.5. The predicted molar refractivity (Wildman–Crippen MR) is 148 cm³/mol. The van der Waals surface area contributed by atoms with Crippen molar-refractivity contribution in [1.82, 2.24) is 15.4 Å². The number of phenols is 1. The maximum Gasteiger partial charge on any atom is 0.320 e. The van der Waals surface area contributed by atoms with E-state index in [1.54, 1.807) is 12.1 Å². The highest BCUT2D eigenvalue weighted by Crippen LogP contribution is 2.31. The highest BCUT2D eigenvalue weighted by Gasteiger charge is 2.26. The molecule has 2 atom stereocenters. The highest BCUT2D eigenvalue weighted by atomic mass is 32.2. The highest BCUT2D eigenvalue weighted by molar-refractivity contribution is 7.88. The topological polar surface area (TPSA) is 134 Å². The number of amides is 1. The van der Waals surface area contributed by atoms with E-state index in [9.17, 15) is 23.1 Å². The zero-order chi connectivity index (χ0) is 28.5. The Balaban J connectivity index is 2.09. The Morgan fingerprint density at radius 3 is 2.26 bits per heavy atom. The summed E-state index contributed by atoms with van der Waals surface area (Å²) in [6.45, 7) is 9.64. The molecule has 0 aromatic heterocycles. The van der Waals surface area contributed by atoms with E-state index in [2.05, 4.69) is 15.4 Å². The number of nitrogens with one attached hydrogen (secondary N) is 3. The predicted octanol–water partition coefficient (Wildman–Crippen LogP) is 2.62. The third-order valence-corrected chi connectivity index (χ3v) is 6.64. The second-order valence-electron chi connectivity index (χ2n) is 10.9. The molecule has 2 rings (SSSR count). The van der Waals surface area contributed by atoms with Crippen LogP contribution in [0.3, 0.4) is 0 Å². The average Bonchev–Trinajstić information content (AvgIpc) is 2.81. The quantitative estimate of drug-likeness (QED) is 0.283. The van der Waals surface area contributed by atoms with E-state index >= 15 is 0 Å². The van der Waals surface area contributed by atoms with E-state index in [-0.39, 0.29) is 42.7 Å². The van der Waals surface area contributed by atoms with Gasteiger partial charge in [0.2, 0.25) is 15.9 Å². The zero-order valence-electron chi connectivity index (χ0n) is 23.1. The Kier molecular flexibility index (Phi) is 11.3. The number of hydrogen-bond donors (Lipinski definition) is 4. The molecule has 9 nitrogen and oxygen atoms in total. The fraction of sp³-hybridized carbons (Fsp3) is 0.500. The number of carbonyl (C=O) groups excluding carboxylic acids is 2. The van der Waals surface area contributed by atoms with Gasteiger partial charge in [0.1, 0.15) is 12.4 Å². The van der Waals surface area contributed by atoms with Crippen molar-refractivity contribution in [2.75, 3.05) is 19.3 Å². The molecule has 4 N–H and O–H groups in total. The largest absolute Gasteiger partial charge is 0.508 e. The van der Waals surface area contributed by atoms with Gasteiger partial charge in [0, 0.05) is 12.6 Å². The molecule has 0 heterocycles. The monoisotopic (exact) mass is 547 g/mol. The smallest absolute Gasteiger partial charge is 0.320 e. The fourth-order valence-corrected chi connectivity index (χ4v) is 4.43. The number of ether oxygens (including phenoxy) is 1. The molecule has 2 unspecified atom stereocenters. The van der Waals surface area contributed by atoms with Crippen molar-refractivity contribution in [2.24, 2.45) is 5.92 Å². The standard InChI is InChI=1S/C28H41N3O6S/c1-19(2)26(29-17-25(33)37-18-20-10-8-7-9-11-20)27(34)31-22(16-30-38(6,35)36)14-21-12-13-24(32)23(15-21)28(3,4)5/h7-13,15,19,22,26,29-30,32H,14,16-18H2,1-6H3,(H,31,34). The molecule has 0 fully saturated rings. The van der Waals surface area contributed by atoms with Crippen molar-refractivity contribution in [3.05, 3.63) is 65.2 Å². The van der Waals surface area contributed by atoms with Crippen molar-refractivity contribution in [1.29, 1.82) is 0 Å². The molecule has 2 aromatic carbocycles. The third kappa shape index (κ3) is 10.8. The molecule has 1 amide bonds. The van der Waals surface area contributed by atoms with Crippen LogP contribution in [-0.4, -0.2) is 56.8 Å². The van der Waals surface area contributed by atoms with Crippen molar-refractivity contribution >= 4 is 21.9 Å². The number of carbonyl (C=O) groups is 2. The van der Waals surface area contributed by atoms with Crippen molar-refractivity contribution < 1.29 is 27.9 Å². The van der Waals surface area contributed by atoms with Crippen LogP contribution in [0, 0.1) is 5.92 Å². The first kappa shape index (κ1) is 31.3.